The van der Waals surface area contributed by atoms with Crippen molar-refractivity contribution in [2.75, 3.05) is 13.7 Å². The Balaban J connectivity index is 1.88. The number of nitrogens with zero attached hydrogens (tertiary/aromatic N) is 1. The highest BCUT2D eigenvalue weighted by atomic mass is 35.5. The molecule has 0 aliphatic heterocycles. The summed E-state index contributed by atoms with van der Waals surface area (Å²) in [5.41, 5.74) is 3.30. The van der Waals surface area contributed by atoms with Crippen LogP contribution in [0.15, 0.2) is 60.7 Å². The summed E-state index contributed by atoms with van der Waals surface area (Å²) < 4.78 is 11.4. The lowest BCUT2D eigenvalue weighted by molar-refractivity contribution is 0.123. The third kappa shape index (κ3) is 5.00. The van der Waals surface area contributed by atoms with Crippen molar-refractivity contribution in [2.45, 2.75) is 19.4 Å². The molecule has 27 heavy (non-hydrogen) atoms. The van der Waals surface area contributed by atoms with E-state index in [1.54, 1.807) is 26.2 Å². The fraction of sp³-hybridized carbons (Fsp3) is 0.227. The van der Waals surface area contributed by atoms with Crippen LogP contribution in [0, 0.1) is 6.92 Å². The van der Waals surface area contributed by atoms with Crippen molar-refractivity contribution in [3.63, 3.8) is 0 Å². The predicted molar refractivity (Wildman–Crippen MR) is 106 cm³/mol. The summed E-state index contributed by atoms with van der Waals surface area (Å²) in [6.07, 6.45) is 0.361. The summed E-state index contributed by atoms with van der Waals surface area (Å²) in [6.45, 7) is 2.31. The maximum absolute atomic E-state index is 11.6. The van der Waals surface area contributed by atoms with E-state index in [9.17, 15) is 5.11 Å². The number of hydrogen-bond acceptors (Lipinski definition) is 3. The SMILES string of the molecule is COCC[C@H](Oc1ccc([O])c(C)c1)c1cccc(-c2ccc(Cl)cc2)n1. The highest BCUT2D eigenvalue weighted by molar-refractivity contribution is 6.30. The van der Waals surface area contributed by atoms with Gasteiger partial charge in [0.1, 0.15) is 11.9 Å². The molecule has 1 aromatic heterocycles. The Bertz CT molecular complexity index is 896. The number of ether oxygens (including phenoxy) is 2. The van der Waals surface area contributed by atoms with Crippen molar-refractivity contribution < 1.29 is 14.6 Å². The molecule has 0 spiro atoms. The molecule has 3 aromatic rings. The number of pyridine rings is 1. The second kappa shape index (κ2) is 8.89. The van der Waals surface area contributed by atoms with Crippen molar-refractivity contribution in [3.8, 4) is 22.8 Å². The van der Waals surface area contributed by atoms with Crippen LogP contribution in [-0.2, 0) is 9.84 Å². The number of benzene rings is 2. The first kappa shape index (κ1) is 19.2. The molecule has 5 heteroatoms. The van der Waals surface area contributed by atoms with E-state index in [0.717, 1.165) is 17.0 Å². The first-order valence-corrected chi connectivity index (χ1v) is 9.11. The van der Waals surface area contributed by atoms with Crippen LogP contribution in [0.2, 0.25) is 5.02 Å². The molecule has 0 bridgehead atoms. The number of methoxy groups -OCH3 is 1. The fourth-order valence-corrected chi connectivity index (χ4v) is 2.89. The monoisotopic (exact) mass is 382 g/mol. The average molecular weight is 383 g/mol. The van der Waals surface area contributed by atoms with Crippen molar-refractivity contribution >= 4 is 11.6 Å². The second-order valence-corrected chi connectivity index (χ2v) is 6.71. The van der Waals surface area contributed by atoms with Gasteiger partial charge in [-0.3, -0.25) is 5.11 Å². The lowest BCUT2D eigenvalue weighted by Gasteiger charge is -2.19. The molecule has 4 nitrogen and oxygen atoms in total. The number of hydrogen-bond donors (Lipinski definition) is 0. The van der Waals surface area contributed by atoms with E-state index in [4.69, 9.17) is 26.1 Å². The minimum atomic E-state index is -0.283. The summed E-state index contributed by atoms with van der Waals surface area (Å²) in [6, 6.07) is 18.4. The number of halogens is 1. The molecule has 0 N–H and O–H groups in total. The van der Waals surface area contributed by atoms with Crippen LogP contribution in [0.5, 0.6) is 11.5 Å². The van der Waals surface area contributed by atoms with Gasteiger partial charge in [0.25, 0.3) is 0 Å². The van der Waals surface area contributed by atoms with Crippen LogP contribution in [-0.4, -0.2) is 18.7 Å². The lowest BCUT2D eigenvalue weighted by Crippen LogP contribution is -2.12. The molecule has 1 heterocycles. The summed E-state index contributed by atoms with van der Waals surface area (Å²) in [7, 11) is 1.66. The minimum Gasteiger partial charge on any atom is -0.484 e. The number of aromatic nitrogens is 1. The molecule has 0 unspecified atom stereocenters. The van der Waals surface area contributed by atoms with E-state index < -0.39 is 0 Å². The zero-order chi connectivity index (χ0) is 19.2. The number of rotatable bonds is 7. The van der Waals surface area contributed by atoms with Crippen molar-refractivity contribution in [2.24, 2.45) is 0 Å². The average Bonchev–Trinajstić information content (AvgIpc) is 2.68. The first-order valence-electron chi connectivity index (χ1n) is 8.73. The van der Waals surface area contributed by atoms with Crippen LogP contribution >= 0.6 is 11.6 Å². The summed E-state index contributed by atoms with van der Waals surface area (Å²) in [5.74, 6) is 0.644. The van der Waals surface area contributed by atoms with E-state index in [2.05, 4.69) is 0 Å². The molecule has 0 saturated carbocycles. The van der Waals surface area contributed by atoms with Gasteiger partial charge in [0.2, 0.25) is 0 Å². The standard InChI is InChI=1S/C22H21ClNO3/c1-15-14-18(10-11-21(15)25)27-22(12-13-26-2)20-5-3-4-19(24-20)16-6-8-17(23)9-7-16/h3-11,14,22H,12-13H2,1-2H3/t22-/m0/s1. The van der Waals surface area contributed by atoms with E-state index in [0.29, 0.717) is 29.4 Å². The molecule has 139 valence electrons. The Labute approximate surface area is 164 Å². The minimum absolute atomic E-state index is 0.00125. The van der Waals surface area contributed by atoms with Crippen LogP contribution in [0.3, 0.4) is 0 Å². The van der Waals surface area contributed by atoms with Crippen LogP contribution in [0.1, 0.15) is 23.8 Å². The summed E-state index contributed by atoms with van der Waals surface area (Å²) in [4.78, 5) is 4.78. The van der Waals surface area contributed by atoms with Crippen molar-refractivity contribution in [3.05, 3.63) is 76.9 Å². The molecule has 1 radical (unpaired) electrons. The summed E-state index contributed by atoms with van der Waals surface area (Å²) in [5, 5.41) is 12.3. The van der Waals surface area contributed by atoms with Crippen LogP contribution in [0.4, 0.5) is 0 Å². The topological polar surface area (TPSA) is 51.2 Å². The van der Waals surface area contributed by atoms with E-state index in [1.807, 2.05) is 42.5 Å². The Kier molecular flexibility index (Phi) is 6.32. The number of aryl methyl sites for hydroxylation is 1. The molecule has 0 saturated heterocycles. The Hall–Kier alpha value is -2.56. The molecular weight excluding hydrogens is 362 g/mol. The van der Waals surface area contributed by atoms with E-state index in [1.165, 1.54) is 6.07 Å². The maximum Gasteiger partial charge on any atom is 0.181 e. The Morgan fingerprint density at radius 3 is 2.56 bits per heavy atom. The molecule has 0 fully saturated rings. The van der Waals surface area contributed by atoms with Gasteiger partial charge in [0, 0.05) is 29.7 Å². The van der Waals surface area contributed by atoms with Gasteiger partial charge >= 0.3 is 0 Å². The van der Waals surface area contributed by atoms with Gasteiger partial charge < -0.3 is 9.47 Å². The molecule has 0 amide bonds. The molecule has 0 aliphatic carbocycles. The van der Waals surface area contributed by atoms with Gasteiger partial charge in [0.05, 0.1) is 18.0 Å². The third-order valence-electron chi connectivity index (χ3n) is 4.25. The Morgan fingerprint density at radius 2 is 1.85 bits per heavy atom. The largest absolute Gasteiger partial charge is 0.484 e. The lowest BCUT2D eigenvalue weighted by atomic mass is 10.1. The normalized spacial score (nSPS) is 12.0. The quantitative estimate of drug-likeness (QED) is 0.502. The van der Waals surface area contributed by atoms with Gasteiger partial charge in [-0.05, 0) is 49.4 Å². The predicted octanol–water partition coefficient (Wildman–Crippen LogP) is 6.01. The van der Waals surface area contributed by atoms with E-state index >= 15 is 0 Å². The molecule has 0 aliphatic rings. The van der Waals surface area contributed by atoms with E-state index in [-0.39, 0.29) is 11.9 Å². The van der Waals surface area contributed by atoms with Crippen molar-refractivity contribution in [1.82, 2.24) is 4.98 Å². The second-order valence-electron chi connectivity index (χ2n) is 6.27. The van der Waals surface area contributed by atoms with Crippen LogP contribution < -0.4 is 4.74 Å². The molecular formula is C22H21ClNO3. The van der Waals surface area contributed by atoms with Crippen LogP contribution in [0.25, 0.3) is 11.3 Å². The molecule has 2 aromatic carbocycles. The fourth-order valence-electron chi connectivity index (χ4n) is 2.76. The first-order chi connectivity index (χ1) is 13.1. The highest BCUT2D eigenvalue weighted by Gasteiger charge is 2.17. The highest BCUT2D eigenvalue weighted by Crippen LogP contribution is 2.29. The van der Waals surface area contributed by atoms with Gasteiger partial charge in [0.15, 0.2) is 5.75 Å². The maximum atomic E-state index is 11.6. The van der Waals surface area contributed by atoms with Gasteiger partial charge in [-0.1, -0.05) is 29.8 Å². The summed E-state index contributed by atoms with van der Waals surface area (Å²) >= 11 is 5.98. The van der Waals surface area contributed by atoms with Crippen molar-refractivity contribution in [1.29, 1.82) is 0 Å². The zero-order valence-electron chi connectivity index (χ0n) is 15.3. The molecule has 3 rings (SSSR count). The smallest absolute Gasteiger partial charge is 0.181 e. The molecule has 1 atom stereocenters. The Morgan fingerprint density at radius 1 is 1.07 bits per heavy atom. The third-order valence-corrected chi connectivity index (χ3v) is 4.50. The zero-order valence-corrected chi connectivity index (χ0v) is 16.1. The van der Waals surface area contributed by atoms with Gasteiger partial charge in [-0.15, -0.1) is 0 Å². The van der Waals surface area contributed by atoms with Gasteiger partial charge in [-0.2, -0.15) is 0 Å². The van der Waals surface area contributed by atoms with Gasteiger partial charge in [-0.25, -0.2) is 4.98 Å².